The number of fused-ring (bicyclic) bond motifs is 1. The average Bonchev–Trinajstić information content (AvgIpc) is 2.80. The molecule has 0 saturated carbocycles. The fourth-order valence-corrected chi connectivity index (χ4v) is 1.63. The van der Waals surface area contributed by atoms with E-state index in [-0.39, 0.29) is 11.5 Å². The average molecular weight is 223 g/mol. The zero-order chi connectivity index (χ0) is 11.2. The molecule has 3 rings (SSSR count). The predicted octanol–water partition coefficient (Wildman–Crippen LogP) is 3.00. The van der Waals surface area contributed by atoms with Crippen LogP contribution in [0.25, 0.3) is 11.3 Å². The zero-order valence-corrected chi connectivity index (χ0v) is 8.04. The maximum Gasteiger partial charge on any atom is 0.586 e. The molecule has 1 N–H and O–H groups in total. The van der Waals surface area contributed by atoms with Crippen LogP contribution in [0.3, 0.4) is 0 Å². The quantitative estimate of drug-likeness (QED) is 0.806. The molecular weight excluding hydrogens is 216 g/mol. The van der Waals surface area contributed by atoms with Crippen LogP contribution < -0.4 is 9.47 Å². The van der Waals surface area contributed by atoms with Crippen molar-refractivity contribution in [3.05, 3.63) is 36.5 Å². The molecule has 3 nitrogen and oxygen atoms in total. The Morgan fingerprint density at radius 1 is 1.06 bits per heavy atom. The SMILES string of the molecule is FC1(F)Oc2ccc(-c3ccc[nH]3)cc2O1. The van der Waals surface area contributed by atoms with E-state index in [1.165, 1.54) is 12.1 Å². The first-order chi connectivity index (χ1) is 7.64. The molecular formula is C11H7F2NO2. The molecule has 1 aromatic carbocycles. The monoisotopic (exact) mass is 223 g/mol. The molecule has 0 fully saturated rings. The molecule has 1 aliphatic heterocycles. The van der Waals surface area contributed by atoms with Gasteiger partial charge in [-0.2, -0.15) is 0 Å². The first-order valence-electron chi connectivity index (χ1n) is 4.68. The number of nitrogens with one attached hydrogen (secondary N) is 1. The van der Waals surface area contributed by atoms with Crippen LogP contribution in [0.1, 0.15) is 0 Å². The van der Waals surface area contributed by atoms with Crippen LogP contribution in [-0.2, 0) is 0 Å². The molecule has 2 aromatic rings. The maximum absolute atomic E-state index is 12.8. The molecule has 5 heteroatoms. The van der Waals surface area contributed by atoms with E-state index < -0.39 is 6.29 Å². The Labute approximate surface area is 89.6 Å². The van der Waals surface area contributed by atoms with E-state index in [4.69, 9.17) is 0 Å². The molecule has 2 heterocycles. The summed E-state index contributed by atoms with van der Waals surface area (Å²) in [6, 6.07) is 8.34. The number of aromatic amines is 1. The lowest BCUT2D eigenvalue weighted by atomic mass is 10.1. The Kier molecular flexibility index (Phi) is 1.71. The summed E-state index contributed by atoms with van der Waals surface area (Å²) in [5.74, 6) is 0.109. The van der Waals surface area contributed by atoms with Crippen molar-refractivity contribution in [2.24, 2.45) is 0 Å². The summed E-state index contributed by atoms with van der Waals surface area (Å²) in [6.07, 6.45) is -1.80. The zero-order valence-electron chi connectivity index (χ0n) is 8.04. The van der Waals surface area contributed by atoms with Gasteiger partial charge in [0.25, 0.3) is 0 Å². The Hall–Kier alpha value is -2.04. The number of alkyl halides is 2. The fourth-order valence-electron chi connectivity index (χ4n) is 1.63. The van der Waals surface area contributed by atoms with E-state index in [2.05, 4.69) is 14.5 Å². The Balaban J connectivity index is 2.03. The molecule has 0 spiro atoms. The molecule has 0 bridgehead atoms. The van der Waals surface area contributed by atoms with Gasteiger partial charge in [0.2, 0.25) is 0 Å². The molecule has 0 atom stereocenters. The second kappa shape index (κ2) is 2.98. The van der Waals surface area contributed by atoms with Crippen molar-refractivity contribution in [1.82, 2.24) is 4.98 Å². The minimum absolute atomic E-state index is 0.0529. The third-order valence-corrected chi connectivity index (χ3v) is 2.31. The predicted molar refractivity (Wildman–Crippen MR) is 52.4 cm³/mol. The summed E-state index contributed by atoms with van der Waals surface area (Å²) in [6.45, 7) is 0. The van der Waals surface area contributed by atoms with Crippen molar-refractivity contribution in [3.8, 4) is 22.8 Å². The minimum atomic E-state index is -3.56. The third-order valence-electron chi connectivity index (χ3n) is 2.31. The molecule has 1 aliphatic rings. The smallest absolute Gasteiger partial charge is 0.395 e. The van der Waals surface area contributed by atoms with Crippen molar-refractivity contribution < 1.29 is 18.3 Å². The van der Waals surface area contributed by atoms with Crippen molar-refractivity contribution in [2.75, 3.05) is 0 Å². The highest BCUT2D eigenvalue weighted by atomic mass is 19.3. The Morgan fingerprint density at radius 2 is 1.88 bits per heavy atom. The number of hydrogen-bond acceptors (Lipinski definition) is 2. The van der Waals surface area contributed by atoms with E-state index >= 15 is 0 Å². The molecule has 1 aromatic heterocycles. The van der Waals surface area contributed by atoms with Gasteiger partial charge in [0.05, 0.1) is 0 Å². The first kappa shape index (κ1) is 9.21. The first-order valence-corrected chi connectivity index (χ1v) is 4.68. The lowest BCUT2D eigenvalue weighted by Gasteiger charge is -2.04. The van der Waals surface area contributed by atoms with Gasteiger partial charge < -0.3 is 14.5 Å². The number of benzene rings is 1. The van der Waals surface area contributed by atoms with Crippen LogP contribution in [-0.4, -0.2) is 11.3 Å². The molecule has 0 amide bonds. The Bertz CT molecular complexity index is 523. The van der Waals surface area contributed by atoms with Gasteiger partial charge in [-0.05, 0) is 30.3 Å². The Morgan fingerprint density at radius 3 is 2.62 bits per heavy atom. The highest BCUT2D eigenvalue weighted by molar-refractivity contribution is 5.64. The van der Waals surface area contributed by atoms with E-state index in [9.17, 15) is 8.78 Å². The van der Waals surface area contributed by atoms with Crippen LogP contribution in [0.2, 0.25) is 0 Å². The maximum atomic E-state index is 12.8. The van der Waals surface area contributed by atoms with Crippen LogP contribution in [0.5, 0.6) is 11.5 Å². The highest BCUT2D eigenvalue weighted by Gasteiger charge is 2.43. The molecule has 0 radical (unpaired) electrons. The third kappa shape index (κ3) is 1.41. The van der Waals surface area contributed by atoms with Crippen molar-refractivity contribution in [2.45, 2.75) is 6.29 Å². The van der Waals surface area contributed by atoms with Crippen LogP contribution in [0, 0.1) is 0 Å². The van der Waals surface area contributed by atoms with E-state index in [0.29, 0.717) is 0 Å². The second-order valence-corrected chi connectivity index (χ2v) is 3.41. The van der Waals surface area contributed by atoms with Gasteiger partial charge in [0.1, 0.15) is 0 Å². The van der Waals surface area contributed by atoms with Gasteiger partial charge in [0, 0.05) is 17.5 Å². The van der Waals surface area contributed by atoms with E-state index in [1.54, 1.807) is 12.3 Å². The van der Waals surface area contributed by atoms with Crippen molar-refractivity contribution >= 4 is 0 Å². The van der Waals surface area contributed by atoms with Gasteiger partial charge in [-0.1, -0.05) is 0 Å². The van der Waals surface area contributed by atoms with Gasteiger partial charge in [-0.3, -0.25) is 0 Å². The largest absolute Gasteiger partial charge is 0.586 e. The van der Waals surface area contributed by atoms with Crippen molar-refractivity contribution in [3.63, 3.8) is 0 Å². The van der Waals surface area contributed by atoms with Crippen LogP contribution in [0.4, 0.5) is 8.78 Å². The standard InChI is InChI=1S/C11H7F2NO2/c12-11(13)15-9-4-3-7(6-10(9)16-11)8-2-1-5-14-8/h1-6,14H. The number of halogens is 2. The molecule has 16 heavy (non-hydrogen) atoms. The number of hydrogen-bond donors (Lipinski definition) is 1. The number of ether oxygens (including phenoxy) is 2. The summed E-state index contributed by atoms with van der Waals surface area (Å²) < 4.78 is 34.2. The molecule has 0 unspecified atom stereocenters. The lowest BCUT2D eigenvalue weighted by Crippen LogP contribution is -2.25. The topological polar surface area (TPSA) is 34.2 Å². The number of H-pyrrole nitrogens is 1. The fraction of sp³-hybridized carbons (Fsp3) is 0.0909. The van der Waals surface area contributed by atoms with Gasteiger partial charge in [0.15, 0.2) is 11.5 Å². The number of rotatable bonds is 1. The van der Waals surface area contributed by atoms with Crippen LogP contribution in [0.15, 0.2) is 36.5 Å². The highest BCUT2D eigenvalue weighted by Crippen LogP contribution is 2.42. The molecule has 0 aliphatic carbocycles. The summed E-state index contributed by atoms with van der Waals surface area (Å²) in [5.41, 5.74) is 1.60. The van der Waals surface area contributed by atoms with Gasteiger partial charge in [-0.15, -0.1) is 8.78 Å². The second-order valence-electron chi connectivity index (χ2n) is 3.41. The summed E-state index contributed by atoms with van der Waals surface area (Å²) >= 11 is 0. The van der Waals surface area contributed by atoms with E-state index in [1.807, 2.05) is 12.1 Å². The molecule has 82 valence electrons. The normalized spacial score (nSPS) is 16.4. The minimum Gasteiger partial charge on any atom is -0.395 e. The number of aromatic nitrogens is 1. The summed E-state index contributed by atoms with van der Waals surface area (Å²) in [5, 5.41) is 0. The van der Waals surface area contributed by atoms with E-state index in [0.717, 1.165) is 11.3 Å². The van der Waals surface area contributed by atoms with Gasteiger partial charge >= 0.3 is 6.29 Å². The molecule has 0 saturated heterocycles. The lowest BCUT2D eigenvalue weighted by molar-refractivity contribution is -0.286. The van der Waals surface area contributed by atoms with Gasteiger partial charge in [-0.25, -0.2) is 0 Å². The van der Waals surface area contributed by atoms with Crippen molar-refractivity contribution in [1.29, 1.82) is 0 Å². The van der Waals surface area contributed by atoms with Crippen LogP contribution >= 0.6 is 0 Å². The summed E-state index contributed by atoms with van der Waals surface area (Å²) in [7, 11) is 0. The summed E-state index contributed by atoms with van der Waals surface area (Å²) in [4.78, 5) is 2.98.